The third kappa shape index (κ3) is 3.59. The fraction of sp³-hybridized carbons (Fsp3) is 0.600. The predicted octanol–water partition coefficient (Wildman–Crippen LogP) is 2.55. The molecular weight excluding hydrogens is 274 g/mol. The number of benzene rings is 1. The van der Waals surface area contributed by atoms with Crippen molar-refractivity contribution in [1.82, 2.24) is 4.31 Å². The van der Waals surface area contributed by atoms with Crippen LogP contribution in [-0.2, 0) is 10.0 Å². The molecule has 0 aromatic heterocycles. The Kier molecular flexibility index (Phi) is 4.83. The van der Waals surface area contributed by atoms with E-state index in [2.05, 4.69) is 0 Å². The normalized spacial score (nSPS) is 17.4. The van der Waals surface area contributed by atoms with Gasteiger partial charge in [0.1, 0.15) is 0 Å². The molecule has 0 bridgehead atoms. The minimum Gasteiger partial charge on any atom is -0.389 e. The molecule has 1 fully saturated rings. The molecule has 2 rings (SSSR count). The molecule has 0 aliphatic heterocycles. The average molecular weight is 297 g/mol. The summed E-state index contributed by atoms with van der Waals surface area (Å²) < 4.78 is 26.9. The van der Waals surface area contributed by atoms with E-state index >= 15 is 0 Å². The molecule has 0 amide bonds. The minimum atomic E-state index is -3.41. The van der Waals surface area contributed by atoms with Gasteiger partial charge in [-0.15, -0.1) is 0 Å². The highest BCUT2D eigenvalue weighted by atomic mass is 32.2. The summed E-state index contributed by atoms with van der Waals surface area (Å²) in [6.45, 7) is 4.86. The first-order chi connectivity index (χ1) is 9.45. The van der Waals surface area contributed by atoms with Crippen molar-refractivity contribution in [3.05, 3.63) is 29.8 Å². The van der Waals surface area contributed by atoms with Crippen molar-refractivity contribution >= 4 is 10.0 Å². The minimum absolute atomic E-state index is 0.316. The fourth-order valence-corrected chi connectivity index (χ4v) is 3.82. The quantitative estimate of drug-likeness (QED) is 0.841. The van der Waals surface area contributed by atoms with Crippen molar-refractivity contribution in [3.63, 3.8) is 0 Å². The number of hydrogen-bond acceptors (Lipinski definition) is 3. The zero-order chi connectivity index (χ0) is 14.8. The molecule has 1 aliphatic carbocycles. The summed E-state index contributed by atoms with van der Waals surface area (Å²) in [5.74, 6) is 0.535. The summed E-state index contributed by atoms with van der Waals surface area (Å²) in [6.07, 6.45) is 2.51. The zero-order valence-electron chi connectivity index (χ0n) is 12.1. The molecule has 1 N–H and O–H groups in total. The Hall–Kier alpha value is -0.910. The van der Waals surface area contributed by atoms with E-state index in [1.54, 1.807) is 35.5 Å². The van der Waals surface area contributed by atoms with Crippen LogP contribution in [0.2, 0.25) is 0 Å². The number of hydrogen-bond donors (Lipinski definition) is 1. The van der Waals surface area contributed by atoms with Crippen LogP contribution in [0.1, 0.15) is 44.8 Å². The molecule has 1 aliphatic rings. The lowest BCUT2D eigenvalue weighted by atomic mass is 10.1. The Bertz CT molecular complexity index is 533. The first kappa shape index (κ1) is 15.5. The van der Waals surface area contributed by atoms with E-state index < -0.39 is 16.1 Å². The highest BCUT2D eigenvalue weighted by molar-refractivity contribution is 7.89. The van der Waals surface area contributed by atoms with Crippen LogP contribution >= 0.6 is 0 Å². The lowest BCUT2D eigenvalue weighted by molar-refractivity contribution is 0.199. The Balaban J connectivity index is 2.21. The lowest BCUT2D eigenvalue weighted by Crippen LogP contribution is -2.33. The molecule has 20 heavy (non-hydrogen) atoms. The standard InChI is InChI=1S/C15H23NO3S/c1-3-10-16(11-13-4-5-13)20(18,19)15-8-6-14(7-9-15)12(2)17/h6-9,12-13,17H,3-5,10-11H2,1-2H3. The van der Waals surface area contributed by atoms with Crippen molar-refractivity contribution in [2.75, 3.05) is 13.1 Å². The van der Waals surface area contributed by atoms with Gasteiger partial charge >= 0.3 is 0 Å². The van der Waals surface area contributed by atoms with Gasteiger partial charge in [-0.05, 0) is 49.8 Å². The molecule has 4 nitrogen and oxygen atoms in total. The summed E-state index contributed by atoms with van der Waals surface area (Å²) in [6, 6.07) is 6.54. The maximum absolute atomic E-state index is 12.6. The van der Waals surface area contributed by atoms with E-state index in [9.17, 15) is 13.5 Å². The number of aliphatic hydroxyl groups excluding tert-OH is 1. The van der Waals surface area contributed by atoms with Gasteiger partial charge in [-0.2, -0.15) is 4.31 Å². The molecule has 0 spiro atoms. The molecule has 1 aromatic carbocycles. The van der Waals surface area contributed by atoms with Gasteiger partial charge in [-0.3, -0.25) is 0 Å². The smallest absolute Gasteiger partial charge is 0.243 e. The molecule has 0 saturated heterocycles. The Morgan fingerprint density at radius 1 is 1.30 bits per heavy atom. The van der Waals surface area contributed by atoms with E-state index in [-0.39, 0.29) is 0 Å². The summed E-state index contributed by atoms with van der Waals surface area (Å²) in [7, 11) is -3.41. The summed E-state index contributed by atoms with van der Waals surface area (Å²) in [5.41, 5.74) is 0.730. The van der Waals surface area contributed by atoms with E-state index in [4.69, 9.17) is 0 Å². The Morgan fingerprint density at radius 3 is 2.35 bits per heavy atom. The first-order valence-corrected chi connectivity index (χ1v) is 8.67. The van der Waals surface area contributed by atoms with E-state index in [1.807, 2.05) is 6.92 Å². The fourth-order valence-electron chi connectivity index (χ4n) is 2.21. The summed E-state index contributed by atoms with van der Waals surface area (Å²) in [4.78, 5) is 0.316. The third-order valence-electron chi connectivity index (χ3n) is 3.63. The van der Waals surface area contributed by atoms with Crippen LogP contribution in [-0.4, -0.2) is 30.9 Å². The Labute approximate surface area is 121 Å². The van der Waals surface area contributed by atoms with Crippen molar-refractivity contribution in [2.24, 2.45) is 5.92 Å². The van der Waals surface area contributed by atoms with Crippen LogP contribution in [0.25, 0.3) is 0 Å². The summed E-state index contributed by atoms with van der Waals surface area (Å²) >= 11 is 0. The van der Waals surface area contributed by atoms with Gasteiger partial charge in [0.15, 0.2) is 0 Å². The number of sulfonamides is 1. The van der Waals surface area contributed by atoms with Crippen LogP contribution in [0.4, 0.5) is 0 Å². The van der Waals surface area contributed by atoms with Gasteiger partial charge < -0.3 is 5.11 Å². The van der Waals surface area contributed by atoms with Gasteiger partial charge in [-0.1, -0.05) is 19.1 Å². The molecule has 1 saturated carbocycles. The SMILES string of the molecule is CCCN(CC1CC1)S(=O)(=O)c1ccc(C(C)O)cc1. The second-order valence-corrected chi connectivity index (χ2v) is 7.49. The number of aliphatic hydroxyl groups is 1. The van der Waals surface area contributed by atoms with Crippen molar-refractivity contribution in [1.29, 1.82) is 0 Å². The molecule has 5 heteroatoms. The molecule has 0 radical (unpaired) electrons. The predicted molar refractivity (Wildman–Crippen MR) is 78.8 cm³/mol. The van der Waals surface area contributed by atoms with Crippen LogP contribution in [0.5, 0.6) is 0 Å². The van der Waals surface area contributed by atoms with Gasteiger partial charge in [-0.25, -0.2) is 8.42 Å². The van der Waals surface area contributed by atoms with Crippen LogP contribution in [0, 0.1) is 5.92 Å². The van der Waals surface area contributed by atoms with Gasteiger partial charge in [0.05, 0.1) is 11.0 Å². The molecule has 1 aromatic rings. The number of rotatable bonds is 7. The monoisotopic (exact) mass is 297 g/mol. The van der Waals surface area contributed by atoms with Crippen molar-refractivity contribution < 1.29 is 13.5 Å². The zero-order valence-corrected chi connectivity index (χ0v) is 12.9. The highest BCUT2D eigenvalue weighted by Crippen LogP contribution is 2.31. The third-order valence-corrected chi connectivity index (χ3v) is 5.51. The second-order valence-electron chi connectivity index (χ2n) is 5.55. The van der Waals surface area contributed by atoms with Gasteiger partial charge in [0.2, 0.25) is 10.0 Å². The number of nitrogens with zero attached hydrogens (tertiary/aromatic N) is 1. The Morgan fingerprint density at radius 2 is 1.90 bits per heavy atom. The van der Waals surface area contributed by atoms with Crippen LogP contribution in [0.15, 0.2) is 29.2 Å². The largest absolute Gasteiger partial charge is 0.389 e. The van der Waals surface area contributed by atoms with Gasteiger partial charge in [0, 0.05) is 13.1 Å². The van der Waals surface area contributed by atoms with Crippen molar-refractivity contribution in [3.8, 4) is 0 Å². The first-order valence-electron chi connectivity index (χ1n) is 7.23. The molecule has 112 valence electrons. The van der Waals surface area contributed by atoms with Crippen molar-refractivity contribution in [2.45, 2.75) is 44.1 Å². The van der Waals surface area contributed by atoms with E-state index in [1.165, 1.54) is 0 Å². The molecule has 1 unspecified atom stereocenters. The summed E-state index contributed by atoms with van der Waals surface area (Å²) in [5, 5.41) is 9.48. The molecular formula is C15H23NO3S. The molecule has 0 heterocycles. The van der Waals surface area contributed by atoms with Gasteiger partial charge in [0.25, 0.3) is 0 Å². The average Bonchev–Trinajstić information content (AvgIpc) is 3.22. The van der Waals surface area contributed by atoms with Crippen LogP contribution in [0.3, 0.4) is 0 Å². The topological polar surface area (TPSA) is 57.6 Å². The lowest BCUT2D eigenvalue weighted by Gasteiger charge is -2.21. The highest BCUT2D eigenvalue weighted by Gasteiger charge is 2.31. The second kappa shape index (κ2) is 6.24. The van der Waals surface area contributed by atoms with E-state index in [0.29, 0.717) is 23.9 Å². The maximum Gasteiger partial charge on any atom is 0.243 e. The molecule has 1 atom stereocenters. The van der Waals surface area contributed by atoms with E-state index in [0.717, 1.165) is 24.8 Å². The maximum atomic E-state index is 12.6. The van der Waals surface area contributed by atoms with Crippen LogP contribution < -0.4 is 0 Å².